The molecule has 0 saturated carbocycles. The fourth-order valence-corrected chi connectivity index (χ4v) is 4.03. The molecule has 0 saturated heterocycles. The Labute approximate surface area is 149 Å². The van der Waals surface area contributed by atoms with Crippen molar-refractivity contribution in [2.24, 2.45) is 0 Å². The first-order chi connectivity index (χ1) is 11.1. The van der Waals surface area contributed by atoms with Crippen LogP contribution in [0.1, 0.15) is 21.8 Å². The SMILES string of the molecule is Cc1ccc(Br)c(CC(=O)NCCN2CCc3sccc3C2)n1. The summed E-state index contributed by atoms with van der Waals surface area (Å²) in [7, 11) is 0. The van der Waals surface area contributed by atoms with Crippen LogP contribution in [0.5, 0.6) is 0 Å². The van der Waals surface area contributed by atoms with Gasteiger partial charge in [0.25, 0.3) is 0 Å². The number of carbonyl (C=O) groups is 1. The highest BCUT2D eigenvalue weighted by atomic mass is 79.9. The molecule has 4 nitrogen and oxygen atoms in total. The number of hydrogen-bond donors (Lipinski definition) is 1. The third-order valence-corrected chi connectivity index (χ3v) is 5.77. The van der Waals surface area contributed by atoms with Crippen LogP contribution in [0.2, 0.25) is 0 Å². The van der Waals surface area contributed by atoms with Crippen molar-refractivity contribution in [2.45, 2.75) is 26.3 Å². The lowest BCUT2D eigenvalue weighted by atomic mass is 10.1. The molecule has 1 N–H and O–H groups in total. The van der Waals surface area contributed by atoms with E-state index < -0.39 is 0 Å². The number of aryl methyl sites for hydroxylation is 1. The molecular weight excluding hydrogens is 374 g/mol. The lowest BCUT2D eigenvalue weighted by Gasteiger charge is -2.26. The number of nitrogens with zero attached hydrogens (tertiary/aromatic N) is 2. The Morgan fingerprint density at radius 2 is 2.30 bits per heavy atom. The largest absolute Gasteiger partial charge is 0.354 e. The molecular formula is C17H20BrN3OS. The monoisotopic (exact) mass is 393 g/mol. The number of carbonyl (C=O) groups excluding carboxylic acids is 1. The van der Waals surface area contributed by atoms with Crippen LogP contribution in [0.25, 0.3) is 0 Å². The Hall–Kier alpha value is -1.24. The number of rotatable bonds is 5. The van der Waals surface area contributed by atoms with Gasteiger partial charge in [0.2, 0.25) is 5.91 Å². The first kappa shape index (κ1) is 16.6. The molecule has 23 heavy (non-hydrogen) atoms. The Kier molecular flexibility index (Phi) is 5.46. The molecule has 0 radical (unpaired) electrons. The van der Waals surface area contributed by atoms with Crippen molar-refractivity contribution in [3.8, 4) is 0 Å². The molecule has 2 aromatic rings. The minimum atomic E-state index is 0.0250. The quantitative estimate of drug-likeness (QED) is 0.848. The van der Waals surface area contributed by atoms with Gasteiger partial charge >= 0.3 is 0 Å². The Balaban J connectivity index is 1.44. The summed E-state index contributed by atoms with van der Waals surface area (Å²) in [4.78, 5) is 20.4. The lowest BCUT2D eigenvalue weighted by molar-refractivity contribution is -0.120. The first-order valence-electron chi connectivity index (χ1n) is 7.78. The summed E-state index contributed by atoms with van der Waals surface area (Å²) in [6, 6.07) is 6.09. The van der Waals surface area contributed by atoms with Gasteiger partial charge in [0, 0.05) is 41.2 Å². The maximum Gasteiger partial charge on any atom is 0.226 e. The molecule has 0 aliphatic carbocycles. The summed E-state index contributed by atoms with van der Waals surface area (Å²) in [6.45, 7) is 5.59. The molecule has 1 amide bonds. The second-order valence-corrected chi connectivity index (χ2v) is 7.66. The molecule has 1 aliphatic rings. The molecule has 3 rings (SSSR count). The standard InChI is InChI=1S/C17H20BrN3OS/c1-12-2-3-14(18)15(20-12)10-17(22)19-6-8-21-7-4-16-13(11-21)5-9-23-16/h2-3,5,9H,4,6-8,10-11H2,1H3,(H,19,22). The number of halogens is 1. The van der Waals surface area contributed by atoms with E-state index in [4.69, 9.17) is 0 Å². The maximum absolute atomic E-state index is 12.1. The minimum absolute atomic E-state index is 0.0250. The van der Waals surface area contributed by atoms with E-state index in [0.29, 0.717) is 13.0 Å². The van der Waals surface area contributed by atoms with Crippen LogP contribution in [0, 0.1) is 6.92 Å². The zero-order chi connectivity index (χ0) is 16.2. The first-order valence-corrected chi connectivity index (χ1v) is 9.45. The van der Waals surface area contributed by atoms with Crippen molar-refractivity contribution in [3.63, 3.8) is 0 Å². The van der Waals surface area contributed by atoms with Gasteiger partial charge in [-0.25, -0.2) is 0 Å². The van der Waals surface area contributed by atoms with E-state index in [1.165, 1.54) is 10.4 Å². The zero-order valence-electron chi connectivity index (χ0n) is 13.1. The maximum atomic E-state index is 12.1. The third-order valence-electron chi connectivity index (χ3n) is 4.02. The number of hydrogen-bond acceptors (Lipinski definition) is 4. The van der Waals surface area contributed by atoms with Gasteiger partial charge in [-0.05, 0) is 58.4 Å². The van der Waals surface area contributed by atoms with Crippen LogP contribution in [0.3, 0.4) is 0 Å². The summed E-state index contributed by atoms with van der Waals surface area (Å²) < 4.78 is 0.888. The highest BCUT2D eigenvalue weighted by Crippen LogP contribution is 2.23. The van der Waals surface area contributed by atoms with Crippen molar-refractivity contribution in [2.75, 3.05) is 19.6 Å². The van der Waals surface area contributed by atoms with E-state index in [2.05, 4.69) is 42.6 Å². The Bertz CT molecular complexity index is 701. The van der Waals surface area contributed by atoms with Gasteiger partial charge in [0.15, 0.2) is 0 Å². The number of pyridine rings is 1. The third kappa shape index (κ3) is 4.40. The average molecular weight is 394 g/mol. The number of nitrogens with one attached hydrogen (secondary N) is 1. The van der Waals surface area contributed by atoms with Gasteiger partial charge in [0.05, 0.1) is 12.1 Å². The number of aromatic nitrogens is 1. The average Bonchev–Trinajstić information content (AvgIpc) is 2.98. The fourth-order valence-electron chi connectivity index (χ4n) is 2.78. The number of fused-ring (bicyclic) bond motifs is 1. The van der Waals surface area contributed by atoms with Crippen LogP contribution in [-0.4, -0.2) is 35.4 Å². The molecule has 6 heteroatoms. The van der Waals surface area contributed by atoms with Crippen LogP contribution in [0.4, 0.5) is 0 Å². The van der Waals surface area contributed by atoms with Gasteiger partial charge in [0.1, 0.15) is 0 Å². The van der Waals surface area contributed by atoms with Crippen LogP contribution < -0.4 is 5.32 Å². The van der Waals surface area contributed by atoms with Gasteiger partial charge in [-0.1, -0.05) is 0 Å². The van der Waals surface area contributed by atoms with E-state index in [-0.39, 0.29) is 5.91 Å². The van der Waals surface area contributed by atoms with Crippen LogP contribution >= 0.6 is 27.3 Å². The van der Waals surface area contributed by atoms with Gasteiger partial charge in [-0.2, -0.15) is 0 Å². The zero-order valence-corrected chi connectivity index (χ0v) is 15.5. The van der Waals surface area contributed by atoms with Crippen molar-refractivity contribution in [1.29, 1.82) is 0 Å². The highest BCUT2D eigenvalue weighted by Gasteiger charge is 2.17. The predicted octanol–water partition coefficient (Wildman–Crippen LogP) is 2.93. The molecule has 122 valence electrons. The summed E-state index contributed by atoms with van der Waals surface area (Å²) >= 11 is 5.30. The van der Waals surface area contributed by atoms with Crippen molar-refractivity contribution in [1.82, 2.24) is 15.2 Å². The van der Waals surface area contributed by atoms with Gasteiger partial charge < -0.3 is 5.32 Å². The van der Waals surface area contributed by atoms with Gasteiger partial charge in [-0.3, -0.25) is 14.7 Å². The van der Waals surface area contributed by atoms with Crippen LogP contribution in [0.15, 0.2) is 28.1 Å². The Morgan fingerprint density at radius 1 is 1.43 bits per heavy atom. The topological polar surface area (TPSA) is 45.2 Å². The molecule has 0 bridgehead atoms. The van der Waals surface area contributed by atoms with Crippen molar-refractivity contribution >= 4 is 33.2 Å². The van der Waals surface area contributed by atoms with E-state index in [1.807, 2.05) is 30.4 Å². The minimum Gasteiger partial charge on any atom is -0.354 e. The van der Waals surface area contributed by atoms with E-state index in [9.17, 15) is 4.79 Å². The lowest BCUT2D eigenvalue weighted by Crippen LogP contribution is -2.38. The molecule has 0 fully saturated rings. The predicted molar refractivity (Wildman–Crippen MR) is 96.7 cm³/mol. The fraction of sp³-hybridized carbons (Fsp3) is 0.412. The Morgan fingerprint density at radius 3 is 3.17 bits per heavy atom. The van der Waals surface area contributed by atoms with Crippen LogP contribution in [-0.2, 0) is 24.2 Å². The second kappa shape index (κ2) is 7.55. The summed E-state index contributed by atoms with van der Waals surface area (Å²) in [5, 5.41) is 5.17. The number of amides is 1. The normalized spacial score (nSPS) is 14.5. The van der Waals surface area contributed by atoms with Gasteiger partial charge in [-0.15, -0.1) is 11.3 Å². The van der Waals surface area contributed by atoms with E-state index in [0.717, 1.165) is 41.9 Å². The molecule has 2 aromatic heterocycles. The van der Waals surface area contributed by atoms with E-state index >= 15 is 0 Å². The molecule has 3 heterocycles. The number of thiophene rings is 1. The van der Waals surface area contributed by atoms with Crippen molar-refractivity contribution < 1.29 is 4.79 Å². The highest BCUT2D eigenvalue weighted by molar-refractivity contribution is 9.10. The molecule has 0 aromatic carbocycles. The molecule has 1 aliphatic heterocycles. The van der Waals surface area contributed by atoms with E-state index in [1.54, 1.807) is 0 Å². The molecule has 0 unspecified atom stereocenters. The second-order valence-electron chi connectivity index (χ2n) is 5.80. The molecule has 0 spiro atoms. The summed E-state index contributed by atoms with van der Waals surface area (Å²) in [6.07, 6.45) is 1.44. The summed E-state index contributed by atoms with van der Waals surface area (Å²) in [5.41, 5.74) is 3.17. The van der Waals surface area contributed by atoms with Crippen molar-refractivity contribution in [3.05, 3.63) is 49.9 Å². The molecule has 0 atom stereocenters. The smallest absolute Gasteiger partial charge is 0.226 e. The summed E-state index contributed by atoms with van der Waals surface area (Å²) in [5.74, 6) is 0.0250.